The Morgan fingerprint density at radius 3 is 2.41 bits per heavy atom. The van der Waals surface area contributed by atoms with E-state index in [9.17, 15) is 21.6 Å². The van der Waals surface area contributed by atoms with E-state index in [1.807, 2.05) is 0 Å². The average molecular weight is 268 g/mol. The van der Waals surface area contributed by atoms with Crippen LogP contribution in [0.15, 0.2) is 29.2 Å². The Balaban J connectivity index is 3.08. The molecule has 0 heterocycles. The first-order chi connectivity index (χ1) is 7.77. The molecule has 7 heteroatoms. The van der Waals surface area contributed by atoms with Gasteiger partial charge in [0.2, 0.25) is 0 Å². The highest BCUT2D eigenvalue weighted by atomic mass is 32.2. The fourth-order valence-corrected chi connectivity index (χ4v) is 2.58. The zero-order chi connectivity index (χ0) is 13.1. The van der Waals surface area contributed by atoms with Crippen molar-refractivity contribution in [2.45, 2.75) is 17.5 Å². The second kappa shape index (κ2) is 5.05. The van der Waals surface area contributed by atoms with Gasteiger partial charge in [0.05, 0.1) is 16.2 Å². The summed E-state index contributed by atoms with van der Waals surface area (Å²) in [6.45, 7) is -0.321. The Morgan fingerprint density at radius 1 is 1.24 bits per heavy atom. The molecule has 0 spiro atoms. The van der Waals surface area contributed by atoms with E-state index in [1.54, 1.807) is 0 Å². The van der Waals surface area contributed by atoms with E-state index in [1.165, 1.54) is 0 Å². The standard InChI is InChI=1S/C10H11F3O3S/c11-10(12,13)8-3-1-4-9(7-8)17(15,16)6-2-5-14/h1,3-4,7,14H,2,5-6H2. The van der Waals surface area contributed by atoms with Crippen molar-refractivity contribution < 1.29 is 26.7 Å². The highest BCUT2D eigenvalue weighted by molar-refractivity contribution is 7.91. The summed E-state index contributed by atoms with van der Waals surface area (Å²) >= 11 is 0. The SMILES string of the molecule is O=S(=O)(CCCO)c1cccc(C(F)(F)F)c1. The van der Waals surface area contributed by atoms with E-state index >= 15 is 0 Å². The van der Waals surface area contributed by atoms with Crippen LogP contribution in [-0.2, 0) is 16.0 Å². The molecule has 1 aromatic carbocycles. The van der Waals surface area contributed by atoms with Crippen molar-refractivity contribution in [1.29, 1.82) is 0 Å². The van der Waals surface area contributed by atoms with Crippen LogP contribution < -0.4 is 0 Å². The second-order valence-electron chi connectivity index (χ2n) is 3.42. The van der Waals surface area contributed by atoms with E-state index in [0.717, 1.165) is 18.2 Å². The Kier molecular flexibility index (Phi) is 4.16. The minimum atomic E-state index is -4.57. The minimum absolute atomic E-state index is 0.00141. The molecule has 0 radical (unpaired) electrons. The molecule has 1 rings (SSSR count). The molecule has 0 aliphatic heterocycles. The predicted molar refractivity (Wildman–Crippen MR) is 55.2 cm³/mol. The van der Waals surface area contributed by atoms with Gasteiger partial charge < -0.3 is 5.11 Å². The van der Waals surface area contributed by atoms with Crippen LogP contribution in [0.3, 0.4) is 0 Å². The van der Waals surface area contributed by atoms with Crippen LogP contribution in [0, 0.1) is 0 Å². The fraction of sp³-hybridized carbons (Fsp3) is 0.400. The number of halogens is 3. The number of rotatable bonds is 4. The predicted octanol–water partition coefficient (Wildman–Crippen LogP) is 1.86. The second-order valence-corrected chi connectivity index (χ2v) is 5.53. The van der Waals surface area contributed by atoms with E-state index in [0.29, 0.717) is 6.07 Å². The number of sulfone groups is 1. The molecular weight excluding hydrogens is 257 g/mol. The van der Waals surface area contributed by atoms with Crippen LogP contribution in [0.5, 0.6) is 0 Å². The molecule has 3 nitrogen and oxygen atoms in total. The first-order valence-electron chi connectivity index (χ1n) is 4.78. The zero-order valence-corrected chi connectivity index (χ0v) is 9.55. The number of aliphatic hydroxyl groups excluding tert-OH is 1. The van der Waals surface area contributed by atoms with Gasteiger partial charge in [-0.25, -0.2) is 8.42 Å². The largest absolute Gasteiger partial charge is 0.416 e. The summed E-state index contributed by atoms with van der Waals surface area (Å²) in [6, 6.07) is 3.58. The molecule has 0 fully saturated rings. The van der Waals surface area contributed by atoms with Crippen LogP contribution >= 0.6 is 0 Å². The summed E-state index contributed by atoms with van der Waals surface area (Å²) in [7, 11) is -3.77. The summed E-state index contributed by atoms with van der Waals surface area (Å²) in [6.07, 6.45) is -4.57. The Labute approximate surface area is 96.8 Å². The maximum absolute atomic E-state index is 12.4. The average Bonchev–Trinajstić information content (AvgIpc) is 2.25. The van der Waals surface area contributed by atoms with E-state index in [4.69, 9.17) is 5.11 Å². The third kappa shape index (κ3) is 3.71. The zero-order valence-electron chi connectivity index (χ0n) is 8.74. The molecule has 0 bridgehead atoms. The van der Waals surface area contributed by atoms with Crippen LogP contribution in [0.2, 0.25) is 0 Å². The van der Waals surface area contributed by atoms with Gasteiger partial charge in [-0.05, 0) is 24.6 Å². The Bertz CT molecular complexity index is 480. The number of hydrogen-bond acceptors (Lipinski definition) is 3. The molecule has 1 aromatic rings. The number of aliphatic hydroxyl groups is 1. The molecule has 0 aliphatic carbocycles. The van der Waals surface area contributed by atoms with E-state index in [2.05, 4.69) is 0 Å². The van der Waals surface area contributed by atoms with Crippen molar-refractivity contribution >= 4 is 9.84 Å². The Morgan fingerprint density at radius 2 is 1.88 bits per heavy atom. The third-order valence-corrected chi connectivity index (χ3v) is 3.89. The maximum Gasteiger partial charge on any atom is 0.416 e. The molecule has 96 valence electrons. The molecule has 0 atom stereocenters. The van der Waals surface area contributed by atoms with E-state index in [-0.39, 0.29) is 23.7 Å². The molecule has 0 amide bonds. The molecular formula is C10H11F3O3S. The molecule has 0 aliphatic rings. The third-order valence-electron chi connectivity index (χ3n) is 2.09. The number of hydrogen-bond donors (Lipinski definition) is 1. The summed E-state index contributed by atoms with van der Waals surface area (Å²) < 4.78 is 60.3. The van der Waals surface area contributed by atoms with Crippen molar-refractivity contribution in [2.24, 2.45) is 0 Å². The van der Waals surface area contributed by atoms with Gasteiger partial charge in [0.1, 0.15) is 0 Å². The minimum Gasteiger partial charge on any atom is -0.396 e. The van der Waals surface area contributed by atoms with Crippen molar-refractivity contribution in [3.05, 3.63) is 29.8 Å². The van der Waals surface area contributed by atoms with Crippen LogP contribution in [0.1, 0.15) is 12.0 Å². The quantitative estimate of drug-likeness (QED) is 0.906. The summed E-state index contributed by atoms with van der Waals surface area (Å²) in [5.74, 6) is -0.370. The lowest BCUT2D eigenvalue weighted by Gasteiger charge is -2.09. The molecule has 17 heavy (non-hydrogen) atoms. The van der Waals surface area contributed by atoms with Gasteiger partial charge in [-0.3, -0.25) is 0 Å². The number of alkyl halides is 3. The molecule has 0 aromatic heterocycles. The Hall–Kier alpha value is -1.08. The molecule has 0 unspecified atom stereocenters. The van der Waals surface area contributed by atoms with Crippen molar-refractivity contribution in [3.63, 3.8) is 0 Å². The fourth-order valence-electron chi connectivity index (χ4n) is 1.24. The lowest BCUT2D eigenvalue weighted by molar-refractivity contribution is -0.137. The summed E-state index contributed by atoms with van der Waals surface area (Å²) in [5.41, 5.74) is -0.998. The van der Waals surface area contributed by atoms with Gasteiger partial charge in [0, 0.05) is 6.61 Å². The molecule has 0 saturated heterocycles. The van der Waals surface area contributed by atoms with Crippen molar-refractivity contribution in [1.82, 2.24) is 0 Å². The van der Waals surface area contributed by atoms with Gasteiger partial charge in [-0.1, -0.05) is 6.07 Å². The van der Waals surface area contributed by atoms with Gasteiger partial charge in [-0.2, -0.15) is 13.2 Å². The van der Waals surface area contributed by atoms with Crippen LogP contribution in [0.4, 0.5) is 13.2 Å². The van der Waals surface area contributed by atoms with Gasteiger partial charge in [-0.15, -0.1) is 0 Å². The van der Waals surface area contributed by atoms with E-state index < -0.39 is 21.6 Å². The molecule has 1 N–H and O–H groups in total. The van der Waals surface area contributed by atoms with Crippen LogP contribution in [0.25, 0.3) is 0 Å². The van der Waals surface area contributed by atoms with Crippen LogP contribution in [-0.4, -0.2) is 25.9 Å². The van der Waals surface area contributed by atoms with Gasteiger partial charge in [0.25, 0.3) is 0 Å². The number of benzene rings is 1. The highest BCUT2D eigenvalue weighted by Gasteiger charge is 2.31. The summed E-state index contributed by atoms with van der Waals surface area (Å²) in [4.78, 5) is -0.374. The summed E-state index contributed by atoms with van der Waals surface area (Å²) in [5, 5.41) is 8.52. The monoisotopic (exact) mass is 268 g/mol. The highest BCUT2D eigenvalue weighted by Crippen LogP contribution is 2.30. The van der Waals surface area contributed by atoms with Gasteiger partial charge in [0.15, 0.2) is 9.84 Å². The first-order valence-corrected chi connectivity index (χ1v) is 6.43. The first kappa shape index (κ1) is 14.0. The maximum atomic E-state index is 12.4. The molecule has 0 saturated carbocycles. The van der Waals surface area contributed by atoms with Gasteiger partial charge >= 0.3 is 6.18 Å². The normalized spacial score (nSPS) is 12.7. The lowest BCUT2D eigenvalue weighted by Crippen LogP contribution is -2.11. The lowest BCUT2D eigenvalue weighted by atomic mass is 10.2. The van der Waals surface area contributed by atoms with Crippen molar-refractivity contribution in [3.8, 4) is 0 Å². The van der Waals surface area contributed by atoms with Crippen molar-refractivity contribution in [2.75, 3.05) is 12.4 Å². The topological polar surface area (TPSA) is 54.4 Å². The smallest absolute Gasteiger partial charge is 0.396 e.